The summed E-state index contributed by atoms with van der Waals surface area (Å²) in [4.78, 5) is 20.0. The van der Waals surface area contributed by atoms with Gasteiger partial charge < -0.3 is 10.1 Å². The van der Waals surface area contributed by atoms with Crippen molar-refractivity contribution in [1.82, 2.24) is 9.97 Å². The molecule has 0 saturated carbocycles. The third-order valence-electron chi connectivity index (χ3n) is 2.15. The Hall–Kier alpha value is -1.40. The van der Waals surface area contributed by atoms with Gasteiger partial charge in [-0.2, -0.15) is 0 Å². The zero-order valence-electron chi connectivity index (χ0n) is 9.07. The molecule has 0 bridgehead atoms. The lowest BCUT2D eigenvalue weighted by Gasteiger charge is -2.05. The summed E-state index contributed by atoms with van der Waals surface area (Å²) in [5.41, 5.74) is 0. The summed E-state index contributed by atoms with van der Waals surface area (Å²) in [6.45, 7) is 0.449. The van der Waals surface area contributed by atoms with Gasteiger partial charge in [-0.15, -0.1) is 11.3 Å². The zero-order chi connectivity index (χ0) is 12.3. The number of methoxy groups -OCH3 is 1. The molecule has 17 heavy (non-hydrogen) atoms. The summed E-state index contributed by atoms with van der Waals surface area (Å²) in [7, 11) is 1.36. The Balaban J connectivity index is 2.12. The van der Waals surface area contributed by atoms with E-state index in [-0.39, 0.29) is 17.7 Å². The normalized spacial score (nSPS) is 10.5. The van der Waals surface area contributed by atoms with E-state index in [2.05, 4.69) is 20.0 Å². The fourth-order valence-electron chi connectivity index (χ4n) is 1.35. The number of hydrogen-bond donors (Lipinski definition) is 1. The number of carbonyl (C=O) groups is 1. The van der Waals surface area contributed by atoms with Gasteiger partial charge in [0.25, 0.3) is 0 Å². The number of ether oxygens (including phenoxy) is 1. The molecule has 0 saturated heterocycles. The molecule has 2 aromatic rings. The molecule has 90 valence electrons. The van der Waals surface area contributed by atoms with E-state index < -0.39 is 0 Å². The van der Waals surface area contributed by atoms with Gasteiger partial charge in [-0.25, -0.2) is 9.97 Å². The van der Waals surface area contributed by atoms with Crippen LogP contribution in [0.3, 0.4) is 0 Å². The number of thiophene rings is 1. The molecule has 0 spiro atoms. The van der Waals surface area contributed by atoms with Crippen molar-refractivity contribution in [3.63, 3.8) is 0 Å². The van der Waals surface area contributed by atoms with Crippen LogP contribution in [-0.2, 0) is 9.53 Å². The summed E-state index contributed by atoms with van der Waals surface area (Å²) in [5.74, 6) is 0.379. The average molecular weight is 272 g/mol. The first-order chi connectivity index (χ1) is 8.20. The second kappa shape index (κ2) is 5.29. The maximum absolute atomic E-state index is 11.0. The first kappa shape index (κ1) is 12.1. The molecule has 0 atom stereocenters. The Kier molecular flexibility index (Phi) is 3.75. The monoisotopic (exact) mass is 271 g/mol. The van der Waals surface area contributed by atoms with E-state index in [1.165, 1.54) is 18.4 Å². The number of aromatic nitrogens is 2. The number of esters is 1. The summed E-state index contributed by atoms with van der Waals surface area (Å²) in [5, 5.41) is 6.07. The molecule has 1 N–H and O–H groups in total. The topological polar surface area (TPSA) is 64.1 Å². The number of halogens is 1. The van der Waals surface area contributed by atoms with Crippen molar-refractivity contribution in [1.29, 1.82) is 0 Å². The predicted molar refractivity (Wildman–Crippen MR) is 67.5 cm³/mol. The zero-order valence-corrected chi connectivity index (χ0v) is 10.6. The van der Waals surface area contributed by atoms with Crippen LogP contribution in [0.15, 0.2) is 11.4 Å². The number of nitrogens with zero attached hydrogens (tertiary/aromatic N) is 2. The quantitative estimate of drug-likeness (QED) is 0.683. The van der Waals surface area contributed by atoms with Crippen molar-refractivity contribution < 1.29 is 9.53 Å². The minimum absolute atomic E-state index is 0.195. The lowest BCUT2D eigenvalue weighted by atomic mass is 10.3. The van der Waals surface area contributed by atoms with Gasteiger partial charge in [-0.05, 0) is 23.0 Å². The summed E-state index contributed by atoms with van der Waals surface area (Å²) < 4.78 is 4.55. The van der Waals surface area contributed by atoms with Gasteiger partial charge in [-0.3, -0.25) is 4.79 Å². The van der Waals surface area contributed by atoms with Crippen molar-refractivity contribution in [2.45, 2.75) is 6.42 Å². The van der Waals surface area contributed by atoms with Crippen molar-refractivity contribution in [3.05, 3.63) is 16.7 Å². The van der Waals surface area contributed by atoms with Gasteiger partial charge in [0, 0.05) is 6.54 Å². The molecule has 0 radical (unpaired) electrons. The molecule has 2 heterocycles. The molecular formula is C10H10ClN3O2S. The van der Waals surface area contributed by atoms with Crippen LogP contribution < -0.4 is 5.32 Å². The van der Waals surface area contributed by atoms with E-state index >= 15 is 0 Å². The Morgan fingerprint density at radius 2 is 2.41 bits per heavy atom. The van der Waals surface area contributed by atoms with E-state index in [1.807, 2.05) is 11.4 Å². The Morgan fingerprint density at radius 1 is 1.59 bits per heavy atom. The lowest BCUT2D eigenvalue weighted by Crippen LogP contribution is -2.10. The number of rotatable bonds is 4. The van der Waals surface area contributed by atoms with Gasteiger partial charge in [-0.1, -0.05) is 0 Å². The van der Waals surface area contributed by atoms with Crippen LogP contribution in [0.4, 0.5) is 5.82 Å². The maximum Gasteiger partial charge on any atom is 0.307 e. The highest BCUT2D eigenvalue weighted by Gasteiger charge is 2.08. The summed E-state index contributed by atoms with van der Waals surface area (Å²) in [6, 6.07) is 1.91. The molecule has 0 aliphatic carbocycles. The van der Waals surface area contributed by atoms with E-state index in [0.717, 1.165) is 10.2 Å². The van der Waals surface area contributed by atoms with E-state index in [1.54, 1.807) is 0 Å². The smallest absolute Gasteiger partial charge is 0.307 e. The van der Waals surface area contributed by atoms with Crippen LogP contribution in [0.5, 0.6) is 0 Å². The third kappa shape index (κ3) is 2.83. The minimum Gasteiger partial charge on any atom is -0.469 e. The molecule has 5 nitrogen and oxygen atoms in total. The molecule has 2 rings (SSSR count). The predicted octanol–water partition coefficient (Wildman–Crippen LogP) is 2.32. The van der Waals surface area contributed by atoms with E-state index in [0.29, 0.717) is 12.4 Å². The Labute approximate surface area is 107 Å². The van der Waals surface area contributed by atoms with Crippen molar-refractivity contribution >= 4 is 44.9 Å². The highest BCUT2D eigenvalue weighted by atomic mass is 35.5. The highest BCUT2D eigenvalue weighted by molar-refractivity contribution is 7.16. The molecule has 0 amide bonds. The first-order valence-electron chi connectivity index (χ1n) is 4.92. The van der Waals surface area contributed by atoms with Crippen LogP contribution in [0.25, 0.3) is 10.2 Å². The first-order valence-corrected chi connectivity index (χ1v) is 6.18. The van der Waals surface area contributed by atoms with Crippen LogP contribution in [0, 0.1) is 0 Å². The number of carbonyl (C=O) groups excluding carboxylic acids is 1. The minimum atomic E-state index is -0.265. The highest BCUT2D eigenvalue weighted by Crippen LogP contribution is 2.26. The van der Waals surface area contributed by atoms with Crippen molar-refractivity contribution in [2.24, 2.45) is 0 Å². The van der Waals surface area contributed by atoms with Crippen LogP contribution in [0.2, 0.25) is 5.28 Å². The van der Waals surface area contributed by atoms with Gasteiger partial charge >= 0.3 is 5.97 Å². The van der Waals surface area contributed by atoms with Crippen LogP contribution >= 0.6 is 22.9 Å². The number of hydrogen-bond acceptors (Lipinski definition) is 6. The standard InChI is InChI=1S/C10H10ClN3O2S/c1-16-7(15)2-4-12-8-6-3-5-17-9(6)14-10(11)13-8/h3,5H,2,4H2,1H3,(H,12,13,14). The largest absolute Gasteiger partial charge is 0.469 e. The number of anilines is 1. The fourth-order valence-corrected chi connectivity index (χ4v) is 2.33. The lowest BCUT2D eigenvalue weighted by molar-refractivity contribution is -0.140. The molecule has 0 aliphatic rings. The van der Waals surface area contributed by atoms with E-state index in [4.69, 9.17) is 11.6 Å². The Bertz CT molecular complexity index is 543. The SMILES string of the molecule is COC(=O)CCNc1nc(Cl)nc2sccc12. The van der Waals surface area contributed by atoms with Crippen molar-refractivity contribution in [3.8, 4) is 0 Å². The van der Waals surface area contributed by atoms with Gasteiger partial charge in [0.05, 0.1) is 18.9 Å². The summed E-state index contributed by atoms with van der Waals surface area (Å²) in [6.07, 6.45) is 0.282. The molecule has 0 unspecified atom stereocenters. The molecule has 0 fully saturated rings. The van der Waals surface area contributed by atoms with Crippen LogP contribution in [0.1, 0.15) is 6.42 Å². The van der Waals surface area contributed by atoms with Gasteiger partial charge in [0.2, 0.25) is 5.28 Å². The van der Waals surface area contributed by atoms with Crippen molar-refractivity contribution in [2.75, 3.05) is 19.0 Å². The van der Waals surface area contributed by atoms with E-state index in [9.17, 15) is 4.79 Å². The molecule has 0 aliphatic heterocycles. The van der Waals surface area contributed by atoms with Crippen LogP contribution in [-0.4, -0.2) is 29.6 Å². The third-order valence-corrected chi connectivity index (χ3v) is 3.12. The fraction of sp³-hybridized carbons (Fsp3) is 0.300. The molecule has 0 aromatic carbocycles. The summed E-state index contributed by atoms with van der Waals surface area (Å²) >= 11 is 7.30. The number of nitrogens with one attached hydrogen (secondary N) is 1. The van der Waals surface area contributed by atoms with Gasteiger partial charge in [0.1, 0.15) is 10.6 Å². The number of fused-ring (bicyclic) bond motifs is 1. The second-order valence-electron chi connectivity index (χ2n) is 3.23. The molecule has 2 aromatic heterocycles. The maximum atomic E-state index is 11.0. The molecular weight excluding hydrogens is 262 g/mol. The van der Waals surface area contributed by atoms with Gasteiger partial charge in [0.15, 0.2) is 0 Å². The Morgan fingerprint density at radius 3 is 3.18 bits per heavy atom. The average Bonchev–Trinajstić information content (AvgIpc) is 2.76. The second-order valence-corrected chi connectivity index (χ2v) is 4.47. The molecule has 7 heteroatoms.